The van der Waals surface area contributed by atoms with E-state index >= 15 is 0 Å². The van der Waals surface area contributed by atoms with E-state index in [9.17, 15) is 13.2 Å². The fourth-order valence-electron chi connectivity index (χ4n) is 3.48. The Morgan fingerprint density at radius 2 is 1.87 bits per heavy atom. The van der Waals surface area contributed by atoms with Gasteiger partial charge in [0.2, 0.25) is 10.0 Å². The zero-order valence-electron chi connectivity index (χ0n) is 16.7. The number of primary sulfonamides is 1. The van der Waals surface area contributed by atoms with Gasteiger partial charge in [-0.15, -0.1) is 0 Å². The van der Waals surface area contributed by atoms with Gasteiger partial charge in [-0.3, -0.25) is 9.69 Å². The number of carbonyl (C=O) groups is 1. The van der Waals surface area contributed by atoms with Gasteiger partial charge in [-0.1, -0.05) is 12.1 Å². The summed E-state index contributed by atoms with van der Waals surface area (Å²) in [7, 11) is -2.49. The van der Waals surface area contributed by atoms with Gasteiger partial charge in [-0.25, -0.2) is 13.6 Å². The van der Waals surface area contributed by atoms with E-state index in [1.807, 2.05) is 12.1 Å². The zero-order chi connectivity index (χ0) is 21.7. The fraction of sp³-hybridized carbons (Fsp3) is 0.333. The molecule has 2 aromatic rings. The highest BCUT2D eigenvalue weighted by molar-refractivity contribution is 7.89. The molecule has 0 aliphatic carbocycles. The summed E-state index contributed by atoms with van der Waals surface area (Å²) in [5, 5.41) is 14.1. The lowest BCUT2D eigenvalue weighted by molar-refractivity contribution is 0.0757. The van der Waals surface area contributed by atoms with Crippen LogP contribution in [0.25, 0.3) is 0 Å². The minimum atomic E-state index is -3.92. The molecule has 1 amide bonds. The summed E-state index contributed by atoms with van der Waals surface area (Å²) in [6, 6.07) is 13.6. The quantitative estimate of drug-likeness (QED) is 0.772. The first-order chi connectivity index (χ1) is 14.3. The monoisotopic (exact) mass is 428 g/mol. The van der Waals surface area contributed by atoms with Crippen LogP contribution in [0.2, 0.25) is 0 Å². The molecule has 0 spiro atoms. The van der Waals surface area contributed by atoms with Gasteiger partial charge in [0.1, 0.15) is 5.75 Å². The van der Waals surface area contributed by atoms with Crippen LogP contribution in [0.15, 0.2) is 47.4 Å². The molecule has 0 bridgehead atoms. The predicted molar refractivity (Wildman–Crippen MR) is 111 cm³/mol. The van der Waals surface area contributed by atoms with Crippen molar-refractivity contribution in [1.29, 1.82) is 5.26 Å². The normalized spacial score (nSPS) is 15.3. The Morgan fingerprint density at radius 1 is 1.13 bits per heavy atom. The first-order valence-electron chi connectivity index (χ1n) is 9.53. The van der Waals surface area contributed by atoms with Crippen molar-refractivity contribution in [1.82, 2.24) is 9.80 Å². The summed E-state index contributed by atoms with van der Waals surface area (Å²) in [6.45, 7) is 3.32. The summed E-state index contributed by atoms with van der Waals surface area (Å²) in [4.78, 5) is 17.0. The van der Waals surface area contributed by atoms with Gasteiger partial charge in [-0.2, -0.15) is 5.26 Å². The van der Waals surface area contributed by atoms with Crippen LogP contribution in [0.4, 0.5) is 0 Å². The molecule has 3 rings (SSSR count). The lowest BCUT2D eigenvalue weighted by atomic mass is 10.1. The number of hydrogen-bond donors (Lipinski definition) is 1. The van der Waals surface area contributed by atoms with Gasteiger partial charge in [0.25, 0.3) is 5.91 Å². The number of methoxy groups -OCH3 is 1. The molecular formula is C21H24N4O4S. The average molecular weight is 429 g/mol. The SMILES string of the molecule is COc1ccc(S(N)(=O)=O)cc1C(=O)N1CCCN(Cc2ccc(C#N)cc2)CC1. The van der Waals surface area contributed by atoms with Crippen molar-refractivity contribution >= 4 is 15.9 Å². The van der Waals surface area contributed by atoms with Crippen molar-refractivity contribution in [2.24, 2.45) is 5.14 Å². The van der Waals surface area contributed by atoms with Gasteiger partial charge in [0, 0.05) is 32.7 Å². The van der Waals surface area contributed by atoms with Crippen molar-refractivity contribution in [3.63, 3.8) is 0 Å². The van der Waals surface area contributed by atoms with Crippen molar-refractivity contribution in [3.05, 3.63) is 59.2 Å². The lowest BCUT2D eigenvalue weighted by Gasteiger charge is -2.23. The van der Waals surface area contributed by atoms with Crippen LogP contribution >= 0.6 is 0 Å². The van der Waals surface area contributed by atoms with E-state index in [2.05, 4.69) is 11.0 Å². The Hall–Kier alpha value is -2.93. The molecule has 0 atom stereocenters. The maximum absolute atomic E-state index is 13.1. The molecule has 2 N–H and O–H groups in total. The van der Waals surface area contributed by atoms with Crippen LogP contribution in [-0.2, 0) is 16.6 Å². The number of benzene rings is 2. The van der Waals surface area contributed by atoms with E-state index in [0.717, 1.165) is 25.1 Å². The predicted octanol–water partition coefficient (Wildman–Crippen LogP) is 1.56. The Balaban J connectivity index is 1.72. The molecule has 0 aromatic heterocycles. The molecule has 1 aliphatic rings. The minimum absolute atomic E-state index is 0.121. The fourth-order valence-corrected chi connectivity index (χ4v) is 4.02. The van der Waals surface area contributed by atoms with Crippen LogP contribution in [0.3, 0.4) is 0 Å². The third-order valence-corrected chi connectivity index (χ3v) is 6.01. The third-order valence-electron chi connectivity index (χ3n) is 5.09. The molecular weight excluding hydrogens is 404 g/mol. The van der Waals surface area contributed by atoms with Crippen LogP contribution in [0, 0.1) is 11.3 Å². The van der Waals surface area contributed by atoms with Crippen LogP contribution in [-0.4, -0.2) is 57.4 Å². The second kappa shape index (κ2) is 9.26. The smallest absolute Gasteiger partial charge is 0.257 e. The van der Waals surface area contributed by atoms with E-state index in [4.69, 9.17) is 15.1 Å². The van der Waals surface area contributed by atoms with Crippen LogP contribution in [0.5, 0.6) is 5.75 Å². The molecule has 0 radical (unpaired) electrons. The van der Waals surface area contributed by atoms with Crippen LogP contribution < -0.4 is 9.88 Å². The number of nitrogens with zero attached hydrogens (tertiary/aromatic N) is 3. The highest BCUT2D eigenvalue weighted by Gasteiger charge is 2.24. The topological polar surface area (TPSA) is 117 Å². The number of sulfonamides is 1. The largest absolute Gasteiger partial charge is 0.496 e. The van der Waals surface area contributed by atoms with Gasteiger partial charge in [0.15, 0.2) is 0 Å². The molecule has 1 saturated heterocycles. The van der Waals surface area contributed by atoms with E-state index in [1.165, 1.54) is 25.3 Å². The summed E-state index contributed by atoms with van der Waals surface area (Å²) in [5.41, 5.74) is 1.92. The third kappa shape index (κ3) is 5.16. The first-order valence-corrected chi connectivity index (χ1v) is 11.1. The maximum atomic E-state index is 13.1. The van der Waals surface area contributed by atoms with Gasteiger partial charge >= 0.3 is 0 Å². The Kier molecular flexibility index (Phi) is 6.72. The van der Waals surface area contributed by atoms with Crippen molar-refractivity contribution in [2.45, 2.75) is 17.9 Å². The highest BCUT2D eigenvalue weighted by atomic mass is 32.2. The molecule has 9 heteroatoms. The molecule has 1 fully saturated rings. The van der Waals surface area contributed by atoms with E-state index in [0.29, 0.717) is 30.9 Å². The summed E-state index contributed by atoms with van der Waals surface area (Å²) < 4.78 is 28.6. The number of amides is 1. The summed E-state index contributed by atoms with van der Waals surface area (Å²) in [6.07, 6.45) is 0.791. The number of nitriles is 1. The molecule has 8 nitrogen and oxygen atoms in total. The van der Waals surface area contributed by atoms with Crippen molar-refractivity contribution in [3.8, 4) is 11.8 Å². The van der Waals surface area contributed by atoms with E-state index in [-0.39, 0.29) is 16.4 Å². The first kappa shape index (κ1) is 21.8. The molecule has 1 heterocycles. The van der Waals surface area contributed by atoms with Crippen molar-refractivity contribution in [2.75, 3.05) is 33.3 Å². The Labute approximate surface area is 176 Å². The second-order valence-electron chi connectivity index (χ2n) is 7.14. The van der Waals surface area contributed by atoms with Gasteiger partial charge in [-0.05, 0) is 42.3 Å². The molecule has 1 aliphatic heterocycles. The maximum Gasteiger partial charge on any atom is 0.257 e. The highest BCUT2D eigenvalue weighted by Crippen LogP contribution is 2.24. The number of rotatable bonds is 5. The number of carbonyl (C=O) groups excluding carboxylic acids is 1. The summed E-state index contributed by atoms with van der Waals surface area (Å²) in [5.74, 6) is 0.0312. The number of hydrogen-bond acceptors (Lipinski definition) is 6. The average Bonchev–Trinajstić information content (AvgIpc) is 2.98. The van der Waals surface area contributed by atoms with Crippen LogP contribution in [0.1, 0.15) is 27.9 Å². The molecule has 158 valence electrons. The van der Waals surface area contributed by atoms with Gasteiger partial charge < -0.3 is 9.64 Å². The van der Waals surface area contributed by atoms with E-state index < -0.39 is 10.0 Å². The standard InChI is InChI=1S/C21H24N4O4S/c1-29-20-8-7-18(30(23,27)28)13-19(20)21(26)25-10-2-9-24(11-12-25)15-17-5-3-16(14-22)4-6-17/h3-8,13H,2,9-12,15H2,1H3,(H2,23,27,28). The second-order valence-corrected chi connectivity index (χ2v) is 8.70. The molecule has 0 unspecified atom stereocenters. The molecule has 0 saturated carbocycles. The number of ether oxygens (including phenoxy) is 1. The Bertz CT molecular complexity index is 1060. The molecule has 2 aromatic carbocycles. The lowest BCUT2D eigenvalue weighted by Crippen LogP contribution is -2.35. The number of nitrogens with two attached hydrogens (primary N) is 1. The Morgan fingerprint density at radius 3 is 2.50 bits per heavy atom. The van der Waals surface area contributed by atoms with Crippen molar-refractivity contribution < 1.29 is 17.9 Å². The summed E-state index contributed by atoms with van der Waals surface area (Å²) >= 11 is 0. The zero-order valence-corrected chi connectivity index (χ0v) is 17.6. The minimum Gasteiger partial charge on any atom is -0.496 e. The van der Waals surface area contributed by atoms with E-state index in [1.54, 1.807) is 17.0 Å². The molecule has 30 heavy (non-hydrogen) atoms. The van der Waals surface area contributed by atoms with Gasteiger partial charge in [0.05, 0.1) is 29.2 Å².